The van der Waals surface area contributed by atoms with Crippen molar-refractivity contribution in [3.63, 3.8) is 0 Å². The van der Waals surface area contributed by atoms with Gasteiger partial charge < -0.3 is 10.2 Å². The number of carbonyl (C=O) groups excluding carboxylic acids is 2. The van der Waals surface area contributed by atoms with Gasteiger partial charge in [0.05, 0.1) is 5.69 Å². The van der Waals surface area contributed by atoms with E-state index in [4.69, 9.17) is 0 Å². The lowest BCUT2D eigenvalue weighted by Crippen LogP contribution is -2.46. The molecule has 0 atom stereocenters. The van der Waals surface area contributed by atoms with Gasteiger partial charge in [-0.25, -0.2) is 0 Å². The molecule has 2 N–H and O–H groups in total. The molecule has 2 amide bonds. The number of H-pyrrole nitrogens is 1. The Morgan fingerprint density at radius 2 is 1.67 bits per heavy atom. The molecule has 1 aliphatic heterocycles. The summed E-state index contributed by atoms with van der Waals surface area (Å²) in [5.41, 5.74) is 5.08. The smallest absolute Gasteiger partial charge is 0.271 e. The van der Waals surface area contributed by atoms with Crippen LogP contribution in [0.4, 0.5) is 0 Å². The topological polar surface area (TPSA) is 78.1 Å². The molecule has 30 heavy (non-hydrogen) atoms. The van der Waals surface area contributed by atoms with Crippen molar-refractivity contribution >= 4 is 11.8 Å². The fourth-order valence-electron chi connectivity index (χ4n) is 3.92. The van der Waals surface area contributed by atoms with E-state index in [9.17, 15) is 9.59 Å². The van der Waals surface area contributed by atoms with E-state index >= 15 is 0 Å². The third kappa shape index (κ3) is 4.13. The Hall–Kier alpha value is -3.41. The lowest BCUT2D eigenvalue weighted by molar-refractivity contribution is 0.0692. The van der Waals surface area contributed by atoms with E-state index < -0.39 is 0 Å². The number of carbonyl (C=O) groups is 2. The van der Waals surface area contributed by atoms with E-state index in [2.05, 4.69) is 15.5 Å². The minimum Gasteiger partial charge on any atom is -0.349 e. The molecule has 0 aliphatic carbocycles. The maximum atomic E-state index is 12.9. The number of nitrogens with zero attached hydrogens (tertiary/aromatic N) is 2. The van der Waals surface area contributed by atoms with Crippen LogP contribution in [0.3, 0.4) is 0 Å². The molecule has 0 spiro atoms. The Morgan fingerprint density at radius 1 is 1.00 bits per heavy atom. The average molecular weight is 402 g/mol. The fraction of sp³-hybridized carbons (Fsp3) is 0.292. The van der Waals surface area contributed by atoms with E-state index in [1.165, 1.54) is 0 Å². The minimum atomic E-state index is -0.0500. The lowest BCUT2D eigenvalue weighted by Gasteiger charge is -2.32. The molecule has 1 aliphatic rings. The molecule has 3 aromatic rings. The van der Waals surface area contributed by atoms with Crippen molar-refractivity contribution in [3.05, 3.63) is 77.0 Å². The molecule has 6 heteroatoms. The first-order valence-corrected chi connectivity index (χ1v) is 10.3. The highest BCUT2D eigenvalue weighted by atomic mass is 16.2. The predicted octanol–water partition coefficient (Wildman–Crippen LogP) is 3.73. The van der Waals surface area contributed by atoms with Gasteiger partial charge in [-0.15, -0.1) is 0 Å². The molecule has 0 saturated carbocycles. The van der Waals surface area contributed by atoms with E-state index in [1.807, 2.05) is 73.3 Å². The van der Waals surface area contributed by atoms with Gasteiger partial charge in [0.15, 0.2) is 0 Å². The number of aromatic amines is 1. The number of aryl methyl sites for hydroxylation is 2. The van der Waals surface area contributed by atoms with Crippen LogP contribution in [0.5, 0.6) is 0 Å². The first kappa shape index (κ1) is 19.9. The Kier molecular flexibility index (Phi) is 5.65. The largest absolute Gasteiger partial charge is 0.349 e. The van der Waals surface area contributed by atoms with Crippen molar-refractivity contribution in [3.8, 4) is 11.3 Å². The van der Waals surface area contributed by atoms with E-state index in [0.29, 0.717) is 24.3 Å². The molecule has 1 saturated heterocycles. The predicted molar refractivity (Wildman–Crippen MR) is 116 cm³/mol. The van der Waals surface area contributed by atoms with Gasteiger partial charge >= 0.3 is 0 Å². The Bertz CT molecular complexity index is 1060. The lowest BCUT2D eigenvalue weighted by atomic mass is 10.0. The van der Waals surface area contributed by atoms with Crippen LogP contribution >= 0.6 is 0 Å². The number of hydrogen-bond acceptors (Lipinski definition) is 3. The summed E-state index contributed by atoms with van der Waals surface area (Å²) in [7, 11) is 0. The van der Waals surface area contributed by atoms with Gasteiger partial charge in [0.2, 0.25) is 0 Å². The van der Waals surface area contributed by atoms with Crippen LogP contribution in [-0.2, 0) is 0 Å². The van der Waals surface area contributed by atoms with Crippen molar-refractivity contribution in [1.29, 1.82) is 0 Å². The quantitative estimate of drug-likeness (QED) is 0.698. The molecule has 0 unspecified atom stereocenters. The third-order valence-corrected chi connectivity index (χ3v) is 5.74. The average Bonchev–Trinajstić information content (AvgIpc) is 3.24. The third-order valence-electron chi connectivity index (χ3n) is 5.74. The van der Waals surface area contributed by atoms with Crippen LogP contribution in [0.25, 0.3) is 11.3 Å². The molecule has 2 aromatic carbocycles. The summed E-state index contributed by atoms with van der Waals surface area (Å²) in [4.78, 5) is 27.2. The second-order valence-electron chi connectivity index (χ2n) is 7.84. The van der Waals surface area contributed by atoms with Crippen molar-refractivity contribution in [1.82, 2.24) is 20.4 Å². The fourth-order valence-corrected chi connectivity index (χ4v) is 3.92. The monoisotopic (exact) mass is 402 g/mol. The van der Waals surface area contributed by atoms with Gasteiger partial charge in [0.25, 0.3) is 11.8 Å². The number of rotatable bonds is 4. The summed E-state index contributed by atoms with van der Waals surface area (Å²) in [5, 5.41) is 10.3. The molecule has 1 aromatic heterocycles. The molecule has 1 fully saturated rings. The van der Waals surface area contributed by atoms with Gasteiger partial charge in [-0.05, 0) is 49.9 Å². The highest BCUT2D eigenvalue weighted by molar-refractivity contribution is 5.96. The molecular formula is C24H26N4O2. The zero-order chi connectivity index (χ0) is 21.1. The second-order valence-corrected chi connectivity index (χ2v) is 7.84. The normalized spacial score (nSPS) is 14.5. The van der Waals surface area contributed by atoms with Crippen LogP contribution in [0.2, 0.25) is 0 Å². The van der Waals surface area contributed by atoms with Crippen LogP contribution in [-0.4, -0.2) is 46.0 Å². The number of aromatic nitrogens is 2. The van der Waals surface area contributed by atoms with Gasteiger partial charge in [0.1, 0.15) is 5.69 Å². The number of nitrogens with one attached hydrogen (secondary N) is 2. The molecule has 0 bridgehead atoms. The van der Waals surface area contributed by atoms with Crippen molar-refractivity contribution in [2.24, 2.45) is 0 Å². The van der Waals surface area contributed by atoms with E-state index in [1.54, 1.807) is 0 Å². The molecule has 4 rings (SSSR count). The first-order chi connectivity index (χ1) is 14.5. The molecule has 154 valence electrons. The molecular weight excluding hydrogens is 376 g/mol. The summed E-state index contributed by atoms with van der Waals surface area (Å²) >= 11 is 0. The van der Waals surface area contributed by atoms with Crippen LogP contribution in [0.15, 0.2) is 54.6 Å². The van der Waals surface area contributed by atoms with Crippen molar-refractivity contribution in [2.75, 3.05) is 13.1 Å². The van der Waals surface area contributed by atoms with Gasteiger partial charge in [0, 0.05) is 30.3 Å². The Balaban J connectivity index is 1.35. The SMILES string of the molecule is Cc1ccccc1C(=O)NC1CCN(C(=O)c2cc(-c3ccccc3C)n[nH]2)CC1. The second kappa shape index (κ2) is 8.53. The van der Waals surface area contributed by atoms with Crippen LogP contribution < -0.4 is 5.32 Å². The summed E-state index contributed by atoms with van der Waals surface area (Å²) < 4.78 is 0. The highest BCUT2D eigenvalue weighted by Gasteiger charge is 2.26. The van der Waals surface area contributed by atoms with Crippen molar-refractivity contribution in [2.45, 2.75) is 32.7 Å². The zero-order valence-electron chi connectivity index (χ0n) is 17.3. The number of piperidine rings is 1. The van der Waals surface area contributed by atoms with Crippen LogP contribution in [0, 0.1) is 13.8 Å². The summed E-state index contributed by atoms with van der Waals surface area (Å²) in [5.74, 6) is -0.0969. The van der Waals surface area contributed by atoms with Gasteiger partial charge in [-0.2, -0.15) is 5.10 Å². The van der Waals surface area contributed by atoms with E-state index in [0.717, 1.165) is 35.2 Å². The zero-order valence-corrected chi connectivity index (χ0v) is 17.3. The number of amides is 2. The maximum absolute atomic E-state index is 12.9. The molecule has 0 radical (unpaired) electrons. The summed E-state index contributed by atoms with van der Waals surface area (Å²) in [6.45, 7) is 5.18. The summed E-state index contributed by atoms with van der Waals surface area (Å²) in [6.07, 6.45) is 1.48. The Morgan fingerprint density at radius 3 is 2.37 bits per heavy atom. The first-order valence-electron chi connectivity index (χ1n) is 10.3. The maximum Gasteiger partial charge on any atom is 0.271 e. The molecule has 6 nitrogen and oxygen atoms in total. The Labute approximate surface area is 176 Å². The standard InChI is InChI=1S/C24H26N4O2/c1-16-7-3-5-9-19(16)21-15-22(27-26-21)24(30)28-13-11-18(12-14-28)25-23(29)20-10-6-4-8-17(20)2/h3-10,15,18H,11-14H2,1-2H3,(H,25,29)(H,26,27). The molecule has 2 heterocycles. The van der Waals surface area contributed by atoms with E-state index in [-0.39, 0.29) is 17.9 Å². The number of hydrogen-bond donors (Lipinski definition) is 2. The van der Waals surface area contributed by atoms with Crippen molar-refractivity contribution < 1.29 is 9.59 Å². The van der Waals surface area contributed by atoms with Gasteiger partial charge in [-0.1, -0.05) is 42.5 Å². The minimum absolute atomic E-state index is 0.0469. The van der Waals surface area contributed by atoms with Crippen LogP contribution in [0.1, 0.15) is 44.8 Å². The number of likely N-dealkylation sites (tertiary alicyclic amines) is 1. The van der Waals surface area contributed by atoms with Gasteiger partial charge in [-0.3, -0.25) is 14.7 Å². The highest BCUT2D eigenvalue weighted by Crippen LogP contribution is 2.22. The number of benzene rings is 2. The summed E-state index contributed by atoms with van der Waals surface area (Å²) in [6, 6.07) is 17.5.